The van der Waals surface area contributed by atoms with Gasteiger partial charge in [-0.2, -0.15) is 0 Å². The predicted molar refractivity (Wildman–Crippen MR) is 106 cm³/mol. The van der Waals surface area contributed by atoms with Crippen molar-refractivity contribution in [1.29, 1.82) is 0 Å². The van der Waals surface area contributed by atoms with E-state index in [1.807, 2.05) is 30.3 Å². The third-order valence-electron chi connectivity index (χ3n) is 4.19. The number of amides is 1. The van der Waals surface area contributed by atoms with E-state index in [0.29, 0.717) is 5.75 Å². The first kappa shape index (κ1) is 19.0. The number of carboxylic acid groups (broad SMARTS) is 1. The molecule has 3 rings (SSSR count). The summed E-state index contributed by atoms with van der Waals surface area (Å²) in [4.78, 5) is 27.2. The quantitative estimate of drug-likeness (QED) is 0.534. The van der Waals surface area contributed by atoms with E-state index in [1.165, 1.54) is 0 Å². The van der Waals surface area contributed by atoms with Crippen LogP contribution in [-0.4, -0.2) is 34.1 Å². The maximum Gasteiger partial charge on any atom is 0.326 e. The van der Waals surface area contributed by atoms with Gasteiger partial charge in [-0.15, -0.1) is 0 Å². The van der Waals surface area contributed by atoms with Crippen molar-refractivity contribution >= 4 is 38.7 Å². The van der Waals surface area contributed by atoms with Crippen LogP contribution in [0.25, 0.3) is 10.9 Å². The van der Waals surface area contributed by atoms with Crippen LogP contribution in [-0.2, 0) is 16.0 Å². The van der Waals surface area contributed by atoms with E-state index < -0.39 is 24.0 Å². The number of rotatable bonds is 7. The number of H-pyrrole nitrogens is 1. The zero-order chi connectivity index (χ0) is 19.4. The molecule has 2 aromatic carbocycles. The molecule has 0 fully saturated rings. The molecule has 1 heterocycles. The van der Waals surface area contributed by atoms with Crippen LogP contribution in [0.2, 0.25) is 0 Å². The van der Waals surface area contributed by atoms with Crippen molar-refractivity contribution in [3.63, 3.8) is 0 Å². The van der Waals surface area contributed by atoms with Crippen LogP contribution in [0, 0.1) is 0 Å². The molecule has 2 atom stereocenters. The molecule has 1 aromatic heterocycles. The van der Waals surface area contributed by atoms with Gasteiger partial charge < -0.3 is 20.1 Å². The maximum absolute atomic E-state index is 12.4. The molecule has 7 heteroatoms. The standard InChI is InChI=1S/C20H19BrN2O4/c1-12(27-15-6-4-5-14(21)10-15)19(24)23-18(20(25)26)9-13-11-22-17-8-3-2-7-16(13)17/h2-8,10-12,18,22H,9H2,1H3,(H,23,24)(H,25,26). The van der Waals surface area contributed by atoms with Crippen molar-refractivity contribution in [3.8, 4) is 5.75 Å². The Hall–Kier alpha value is -2.80. The largest absolute Gasteiger partial charge is 0.481 e. The molecular formula is C20H19BrN2O4. The van der Waals surface area contributed by atoms with Gasteiger partial charge in [-0.05, 0) is 36.8 Å². The molecule has 1 amide bonds. The molecule has 27 heavy (non-hydrogen) atoms. The maximum atomic E-state index is 12.4. The fourth-order valence-corrected chi connectivity index (χ4v) is 3.19. The number of fused-ring (bicyclic) bond motifs is 1. The van der Waals surface area contributed by atoms with Crippen LogP contribution in [0.5, 0.6) is 5.75 Å². The highest BCUT2D eigenvalue weighted by Gasteiger charge is 2.25. The van der Waals surface area contributed by atoms with Gasteiger partial charge in [0.25, 0.3) is 5.91 Å². The average molecular weight is 431 g/mol. The summed E-state index contributed by atoms with van der Waals surface area (Å²) < 4.78 is 6.43. The van der Waals surface area contributed by atoms with Gasteiger partial charge in [0, 0.05) is 28.0 Å². The van der Waals surface area contributed by atoms with Gasteiger partial charge in [-0.1, -0.05) is 40.2 Å². The van der Waals surface area contributed by atoms with Crippen LogP contribution in [0.3, 0.4) is 0 Å². The molecule has 0 aliphatic rings. The Balaban J connectivity index is 1.68. The van der Waals surface area contributed by atoms with Crippen LogP contribution in [0.15, 0.2) is 59.2 Å². The minimum absolute atomic E-state index is 0.175. The summed E-state index contributed by atoms with van der Waals surface area (Å²) in [6, 6.07) is 13.7. The fraction of sp³-hybridized carbons (Fsp3) is 0.200. The monoisotopic (exact) mass is 430 g/mol. The van der Waals surface area contributed by atoms with Crippen molar-refractivity contribution in [2.45, 2.75) is 25.5 Å². The second-order valence-corrected chi connectivity index (χ2v) is 7.10. The number of carbonyl (C=O) groups is 2. The molecule has 6 nitrogen and oxygen atoms in total. The average Bonchev–Trinajstić information content (AvgIpc) is 3.04. The number of halogens is 1. The molecule has 0 spiro atoms. The van der Waals surface area contributed by atoms with Gasteiger partial charge in [0.1, 0.15) is 11.8 Å². The first-order chi connectivity index (χ1) is 12.9. The Bertz CT molecular complexity index is 969. The van der Waals surface area contributed by atoms with E-state index in [1.54, 1.807) is 31.3 Å². The van der Waals surface area contributed by atoms with Crippen LogP contribution in [0.4, 0.5) is 0 Å². The molecule has 0 radical (unpaired) electrons. The number of nitrogens with one attached hydrogen (secondary N) is 2. The van der Waals surface area contributed by atoms with Crippen molar-refractivity contribution in [3.05, 3.63) is 64.8 Å². The Morgan fingerprint density at radius 2 is 2.00 bits per heavy atom. The zero-order valence-electron chi connectivity index (χ0n) is 14.6. The Morgan fingerprint density at radius 3 is 2.74 bits per heavy atom. The van der Waals surface area contributed by atoms with Gasteiger partial charge in [-0.25, -0.2) is 4.79 Å². The first-order valence-corrected chi connectivity index (χ1v) is 9.23. The van der Waals surface area contributed by atoms with Gasteiger partial charge in [-0.3, -0.25) is 4.79 Å². The highest BCUT2D eigenvalue weighted by Crippen LogP contribution is 2.20. The van der Waals surface area contributed by atoms with Gasteiger partial charge in [0.05, 0.1) is 0 Å². The predicted octanol–water partition coefficient (Wildman–Crippen LogP) is 3.51. The number of hydrogen-bond donors (Lipinski definition) is 3. The normalized spacial score (nSPS) is 13.1. The minimum Gasteiger partial charge on any atom is -0.481 e. The SMILES string of the molecule is CC(Oc1cccc(Br)c1)C(=O)NC(Cc1c[nH]c2ccccc12)C(=O)O. The second kappa shape index (κ2) is 8.26. The van der Waals surface area contributed by atoms with E-state index in [2.05, 4.69) is 26.2 Å². The number of aromatic amines is 1. The molecular weight excluding hydrogens is 412 g/mol. The third-order valence-corrected chi connectivity index (χ3v) is 4.68. The third kappa shape index (κ3) is 4.68. The van der Waals surface area contributed by atoms with Crippen LogP contribution in [0.1, 0.15) is 12.5 Å². The lowest BCUT2D eigenvalue weighted by atomic mass is 10.0. The molecule has 140 valence electrons. The van der Waals surface area contributed by atoms with E-state index >= 15 is 0 Å². The lowest BCUT2D eigenvalue weighted by molar-refractivity contribution is -0.142. The molecule has 0 saturated carbocycles. The molecule has 0 aliphatic carbocycles. The topological polar surface area (TPSA) is 91.4 Å². The summed E-state index contributed by atoms with van der Waals surface area (Å²) in [7, 11) is 0. The number of aliphatic carboxylic acids is 1. The number of carbonyl (C=O) groups excluding carboxylic acids is 1. The summed E-state index contributed by atoms with van der Waals surface area (Å²) in [5, 5.41) is 13.0. The molecule has 2 unspecified atom stereocenters. The second-order valence-electron chi connectivity index (χ2n) is 6.18. The number of hydrogen-bond acceptors (Lipinski definition) is 3. The number of aromatic nitrogens is 1. The molecule has 0 bridgehead atoms. The summed E-state index contributed by atoms with van der Waals surface area (Å²) >= 11 is 3.34. The minimum atomic E-state index is -1.09. The van der Waals surface area contributed by atoms with Crippen LogP contribution >= 0.6 is 15.9 Å². The van der Waals surface area contributed by atoms with Crippen molar-refractivity contribution in [1.82, 2.24) is 10.3 Å². The Labute approximate surface area is 164 Å². The lowest BCUT2D eigenvalue weighted by Crippen LogP contribution is -2.47. The molecule has 0 saturated heterocycles. The number of benzene rings is 2. The first-order valence-electron chi connectivity index (χ1n) is 8.44. The summed E-state index contributed by atoms with van der Waals surface area (Å²) in [5.74, 6) is -1.05. The van der Waals surface area contributed by atoms with Gasteiger partial charge in [0.15, 0.2) is 6.10 Å². The number of carboxylic acids is 1. The number of ether oxygens (including phenoxy) is 1. The van der Waals surface area contributed by atoms with E-state index in [0.717, 1.165) is 20.9 Å². The smallest absolute Gasteiger partial charge is 0.326 e. The van der Waals surface area contributed by atoms with Gasteiger partial charge >= 0.3 is 5.97 Å². The highest BCUT2D eigenvalue weighted by molar-refractivity contribution is 9.10. The zero-order valence-corrected chi connectivity index (χ0v) is 16.2. The van der Waals surface area contributed by atoms with Gasteiger partial charge in [0.2, 0.25) is 0 Å². The van der Waals surface area contributed by atoms with E-state index in [4.69, 9.17) is 4.74 Å². The summed E-state index contributed by atoms with van der Waals surface area (Å²) in [6.07, 6.45) is 1.12. The van der Waals surface area contributed by atoms with Crippen molar-refractivity contribution < 1.29 is 19.4 Å². The highest BCUT2D eigenvalue weighted by atomic mass is 79.9. The lowest BCUT2D eigenvalue weighted by Gasteiger charge is -2.19. The molecule has 3 N–H and O–H groups in total. The van der Waals surface area contributed by atoms with Crippen molar-refractivity contribution in [2.75, 3.05) is 0 Å². The molecule has 3 aromatic rings. The fourth-order valence-electron chi connectivity index (χ4n) is 2.81. The Morgan fingerprint density at radius 1 is 1.22 bits per heavy atom. The van der Waals surface area contributed by atoms with E-state index in [9.17, 15) is 14.7 Å². The summed E-state index contributed by atoms with van der Waals surface area (Å²) in [5.41, 5.74) is 1.76. The Kier molecular flexibility index (Phi) is 5.81. The number of para-hydroxylation sites is 1. The van der Waals surface area contributed by atoms with Crippen molar-refractivity contribution in [2.24, 2.45) is 0 Å². The van der Waals surface area contributed by atoms with Crippen LogP contribution < -0.4 is 10.1 Å². The van der Waals surface area contributed by atoms with E-state index in [-0.39, 0.29) is 6.42 Å². The summed E-state index contributed by atoms with van der Waals surface area (Å²) in [6.45, 7) is 1.58. The molecule has 0 aliphatic heterocycles.